The van der Waals surface area contributed by atoms with E-state index in [-0.39, 0.29) is 0 Å². The van der Waals surface area contributed by atoms with Gasteiger partial charge in [-0.05, 0) is 18.9 Å². The third-order valence-corrected chi connectivity index (χ3v) is 2.46. The first-order valence-corrected chi connectivity index (χ1v) is 5.55. The second kappa shape index (κ2) is 6.50. The Bertz CT molecular complexity index is 335. The molecule has 0 saturated carbocycles. The SMILES string of the molecule is COc1ncc(Cl)c(NCC(C)CCN)n1. The van der Waals surface area contributed by atoms with Crippen LogP contribution in [-0.4, -0.2) is 30.2 Å². The summed E-state index contributed by atoms with van der Waals surface area (Å²) in [6.45, 7) is 3.58. The molecule has 0 aliphatic rings. The standard InChI is InChI=1S/C10H17ClN4O/c1-7(3-4-12)5-13-9-8(11)6-14-10(15-9)16-2/h6-7H,3-5,12H2,1-2H3,(H,13,14,15). The van der Waals surface area contributed by atoms with Crippen LogP contribution in [0.15, 0.2) is 6.20 Å². The summed E-state index contributed by atoms with van der Waals surface area (Å²) in [5, 5.41) is 3.64. The summed E-state index contributed by atoms with van der Waals surface area (Å²) in [5.74, 6) is 1.07. The molecule has 90 valence electrons. The van der Waals surface area contributed by atoms with Gasteiger partial charge in [0, 0.05) is 6.54 Å². The normalized spacial score (nSPS) is 12.2. The molecule has 5 nitrogen and oxygen atoms in total. The molecule has 0 bridgehead atoms. The van der Waals surface area contributed by atoms with Gasteiger partial charge in [0.2, 0.25) is 0 Å². The van der Waals surface area contributed by atoms with Gasteiger partial charge >= 0.3 is 6.01 Å². The molecule has 1 atom stereocenters. The van der Waals surface area contributed by atoms with E-state index < -0.39 is 0 Å². The van der Waals surface area contributed by atoms with Crippen molar-refractivity contribution in [2.75, 3.05) is 25.5 Å². The smallest absolute Gasteiger partial charge is 0.318 e. The molecular weight excluding hydrogens is 228 g/mol. The minimum atomic E-state index is 0.304. The summed E-state index contributed by atoms with van der Waals surface area (Å²) < 4.78 is 4.92. The molecule has 1 unspecified atom stereocenters. The van der Waals surface area contributed by atoms with Crippen LogP contribution in [0.4, 0.5) is 5.82 Å². The number of hydrogen-bond acceptors (Lipinski definition) is 5. The molecule has 3 N–H and O–H groups in total. The van der Waals surface area contributed by atoms with Crippen molar-refractivity contribution in [2.45, 2.75) is 13.3 Å². The minimum Gasteiger partial charge on any atom is -0.467 e. The molecule has 0 spiro atoms. The fourth-order valence-corrected chi connectivity index (χ4v) is 1.39. The van der Waals surface area contributed by atoms with Crippen LogP contribution in [0, 0.1) is 5.92 Å². The Morgan fingerprint density at radius 1 is 1.62 bits per heavy atom. The van der Waals surface area contributed by atoms with Crippen LogP contribution >= 0.6 is 11.6 Å². The van der Waals surface area contributed by atoms with Gasteiger partial charge in [0.25, 0.3) is 0 Å². The van der Waals surface area contributed by atoms with Crippen LogP contribution in [0.3, 0.4) is 0 Å². The lowest BCUT2D eigenvalue weighted by atomic mass is 10.1. The number of aromatic nitrogens is 2. The van der Waals surface area contributed by atoms with Crippen LogP contribution in [0.25, 0.3) is 0 Å². The topological polar surface area (TPSA) is 73.1 Å². The Labute approximate surface area is 100 Å². The fourth-order valence-electron chi connectivity index (χ4n) is 1.23. The maximum Gasteiger partial charge on any atom is 0.318 e. The van der Waals surface area contributed by atoms with E-state index in [0.717, 1.165) is 13.0 Å². The van der Waals surface area contributed by atoms with E-state index in [4.69, 9.17) is 22.1 Å². The lowest BCUT2D eigenvalue weighted by Crippen LogP contribution is -2.16. The number of anilines is 1. The summed E-state index contributed by atoms with van der Waals surface area (Å²) in [6.07, 6.45) is 2.48. The van der Waals surface area contributed by atoms with Gasteiger partial charge < -0.3 is 15.8 Å². The first kappa shape index (κ1) is 13.0. The number of hydrogen-bond donors (Lipinski definition) is 2. The number of nitrogens with one attached hydrogen (secondary N) is 1. The quantitative estimate of drug-likeness (QED) is 0.794. The van der Waals surface area contributed by atoms with Gasteiger partial charge in [0.05, 0.1) is 13.3 Å². The highest BCUT2D eigenvalue weighted by Gasteiger charge is 2.07. The average molecular weight is 245 g/mol. The fraction of sp³-hybridized carbons (Fsp3) is 0.600. The molecule has 6 heteroatoms. The average Bonchev–Trinajstić information content (AvgIpc) is 2.28. The van der Waals surface area contributed by atoms with Crippen molar-refractivity contribution >= 4 is 17.4 Å². The van der Waals surface area contributed by atoms with Crippen molar-refractivity contribution in [2.24, 2.45) is 11.7 Å². The zero-order valence-corrected chi connectivity index (χ0v) is 10.3. The maximum atomic E-state index is 5.95. The summed E-state index contributed by atoms with van der Waals surface area (Å²) in [4.78, 5) is 8.01. The van der Waals surface area contributed by atoms with E-state index in [2.05, 4.69) is 22.2 Å². The van der Waals surface area contributed by atoms with E-state index in [1.165, 1.54) is 13.3 Å². The largest absolute Gasteiger partial charge is 0.467 e. The third kappa shape index (κ3) is 3.83. The predicted octanol–water partition coefficient (Wildman–Crippen LogP) is 1.54. The van der Waals surface area contributed by atoms with Crippen LogP contribution in [-0.2, 0) is 0 Å². The summed E-state index contributed by atoms with van der Waals surface area (Å²) in [7, 11) is 1.52. The molecule has 1 aromatic heterocycles. The first-order valence-electron chi connectivity index (χ1n) is 5.17. The number of halogens is 1. The third-order valence-electron chi connectivity index (χ3n) is 2.18. The number of nitrogens with zero attached hydrogens (tertiary/aromatic N) is 2. The molecule has 1 heterocycles. The molecular formula is C10H17ClN4O. The second-order valence-corrected chi connectivity index (χ2v) is 4.02. The Balaban J connectivity index is 2.58. The van der Waals surface area contributed by atoms with Crippen molar-refractivity contribution in [1.29, 1.82) is 0 Å². The highest BCUT2D eigenvalue weighted by atomic mass is 35.5. The van der Waals surface area contributed by atoms with Gasteiger partial charge in [0.15, 0.2) is 5.82 Å². The monoisotopic (exact) mass is 244 g/mol. The molecule has 0 aliphatic carbocycles. The molecule has 0 amide bonds. The Kier molecular flexibility index (Phi) is 5.28. The van der Waals surface area contributed by atoms with E-state index in [0.29, 0.717) is 29.3 Å². The van der Waals surface area contributed by atoms with Crippen LogP contribution in [0.1, 0.15) is 13.3 Å². The highest BCUT2D eigenvalue weighted by Crippen LogP contribution is 2.20. The van der Waals surface area contributed by atoms with E-state index in [9.17, 15) is 0 Å². The molecule has 16 heavy (non-hydrogen) atoms. The van der Waals surface area contributed by atoms with Crippen molar-refractivity contribution in [3.05, 3.63) is 11.2 Å². The zero-order valence-electron chi connectivity index (χ0n) is 9.53. The number of rotatable bonds is 6. The van der Waals surface area contributed by atoms with Crippen molar-refractivity contribution in [1.82, 2.24) is 9.97 Å². The lowest BCUT2D eigenvalue weighted by Gasteiger charge is -2.12. The number of methoxy groups -OCH3 is 1. The first-order chi connectivity index (χ1) is 7.67. The second-order valence-electron chi connectivity index (χ2n) is 3.62. The summed E-state index contributed by atoms with van der Waals surface area (Å²) >= 11 is 5.95. The molecule has 0 fully saturated rings. The minimum absolute atomic E-state index is 0.304. The van der Waals surface area contributed by atoms with E-state index >= 15 is 0 Å². The maximum absolute atomic E-state index is 5.95. The Hall–Kier alpha value is -1.07. The van der Waals surface area contributed by atoms with Gasteiger partial charge in [-0.1, -0.05) is 18.5 Å². The summed E-state index contributed by atoms with van der Waals surface area (Å²) in [6, 6.07) is 0.304. The molecule has 0 aromatic carbocycles. The molecule has 1 aromatic rings. The molecule has 0 aliphatic heterocycles. The summed E-state index contributed by atoms with van der Waals surface area (Å²) in [5.41, 5.74) is 5.47. The molecule has 0 saturated heterocycles. The van der Waals surface area contributed by atoms with E-state index in [1.807, 2.05) is 0 Å². The van der Waals surface area contributed by atoms with Crippen molar-refractivity contribution in [3.8, 4) is 6.01 Å². The Morgan fingerprint density at radius 3 is 3.00 bits per heavy atom. The Morgan fingerprint density at radius 2 is 2.38 bits per heavy atom. The van der Waals surface area contributed by atoms with Gasteiger partial charge in [-0.25, -0.2) is 4.98 Å². The highest BCUT2D eigenvalue weighted by molar-refractivity contribution is 6.32. The van der Waals surface area contributed by atoms with Crippen LogP contribution < -0.4 is 15.8 Å². The van der Waals surface area contributed by atoms with Crippen LogP contribution in [0.5, 0.6) is 6.01 Å². The predicted molar refractivity (Wildman–Crippen MR) is 64.9 cm³/mol. The van der Waals surface area contributed by atoms with Crippen molar-refractivity contribution in [3.63, 3.8) is 0 Å². The van der Waals surface area contributed by atoms with Gasteiger partial charge in [-0.3, -0.25) is 0 Å². The van der Waals surface area contributed by atoms with Crippen LogP contribution in [0.2, 0.25) is 5.02 Å². The van der Waals surface area contributed by atoms with Gasteiger partial charge in [-0.15, -0.1) is 0 Å². The lowest BCUT2D eigenvalue weighted by molar-refractivity contribution is 0.380. The number of ether oxygens (including phenoxy) is 1. The zero-order chi connectivity index (χ0) is 12.0. The molecule has 0 radical (unpaired) electrons. The number of nitrogens with two attached hydrogens (primary N) is 1. The molecule has 1 rings (SSSR count). The van der Waals surface area contributed by atoms with Gasteiger partial charge in [-0.2, -0.15) is 4.98 Å². The van der Waals surface area contributed by atoms with Crippen molar-refractivity contribution < 1.29 is 4.74 Å². The van der Waals surface area contributed by atoms with Gasteiger partial charge in [0.1, 0.15) is 5.02 Å². The van der Waals surface area contributed by atoms with E-state index in [1.54, 1.807) is 0 Å².